The van der Waals surface area contributed by atoms with Gasteiger partial charge in [-0.1, -0.05) is 77.1 Å². The van der Waals surface area contributed by atoms with Crippen molar-refractivity contribution in [2.24, 2.45) is 5.41 Å². The van der Waals surface area contributed by atoms with Gasteiger partial charge in [0, 0.05) is 16.5 Å². The fourth-order valence-electron chi connectivity index (χ4n) is 3.82. The molecular weight excluding hydrogens is 456 g/mol. The monoisotopic (exact) mass is 498 g/mol. The third kappa shape index (κ3) is 6.47. The van der Waals surface area contributed by atoms with Gasteiger partial charge in [0.1, 0.15) is 17.8 Å². The summed E-state index contributed by atoms with van der Waals surface area (Å²) in [6.45, 7) is 12.0. The van der Waals surface area contributed by atoms with E-state index in [-0.39, 0.29) is 17.1 Å². The number of ketones is 1. The summed E-state index contributed by atoms with van der Waals surface area (Å²) in [5.74, 6) is 1.93. The van der Waals surface area contributed by atoms with E-state index < -0.39 is 15.4 Å². The first kappa shape index (κ1) is 27.3. The van der Waals surface area contributed by atoms with Gasteiger partial charge in [-0.3, -0.25) is 9.48 Å². The Labute approximate surface area is 212 Å². The molecule has 3 aromatic rings. The topological polar surface area (TPSA) is 53.4 Å². The van der Waals surface area contributed by atoms with E-state index in [1.54, 1.807) is 7.11 Å². The number of methoxy groups -OCH3 is 1. The first-order valence-electron chi connectivity index (χ1n) is 12.2. The Morgan fingerprint density at radius 3 is 2.31 bits per heavy atom. The zero-order chi connectivity index (χ0) is 25.9. The molecule has 1 heterocycles. The van der Waals surface area contributed by atoms with Crippen LogP contribution in [0.1, 0.15) is 45.9 Å². The summed E-state index contributed by atoms with van der Waals surface area (Å²) in [6.07, 6.45) is 5.67. The summed E-state index contributed by atoms with van der Waals surface area (Å²) in [6, 6.07) is 16.1. The van der Waals surface area contributed by atoms with Crippen LogP contribution in [0.4, 0.5) is 0 Å². The number of ether oxygens (including phenoxy) is 2. The molecule has 1 aromatic heterocycles. The smallest absolute Gasteiger partial charge is 0.162 e. The first-order valence-corrected chi connectivity index (χ1v) is 14.9. The maximum atomic E-state index is 13.5. The molecule has 0 bridgehead atoms. The van der Waals surface area contributed by atoms with Crippen LogP contribution in [0.25, 0.3) is 10.9 Å². The molecule has 0 aliphatic heterocycles. The molecule has 0 atom stereocenters. The first-order chi connectivity index (χ1) is 16.4. The molecule has 0 radical (unpaired) electrons. The zero-order valence-electron chi connectivity index (χ0n) is 22.7. The Hall–Kier alpha value is -2.31. The molecule has 0 spiro atoms. The predicted molar refractivity (Wildman–Crippen MR) is 149 cm³/mol. The molecule has 0 saturated heterocycles. The number of Topliss-reactive ketones (excluding diaryl/α,β-unsaturated/α-hetero) is 1. The molecular formula is C29H42N2O3S. The van der Waals surface area contributed by atoms with Gasteiger partial charge in [0.05, 0.1) is 20.3 Å². The van der Waals surface area contributed by atoms with Gasteiger partial charge in [0.2, 0.25) is 0 Å². The molecule has 3 rings (SSSR count). The summed E-state index contributed by atoms with van der Waals surface area (Å²) < 4.78 is 13.7. The van der Waals surface area contributed by atoms with Crippen molar-refractivity contribution in [3.05, 3.63) is 59.8 Å². The van der Waals surface area contributed by atoms with Gasteiger partial charge in [-0.2, -0.15) is 5.10 Å². The fraction of sp³-hybridized carbons (Fsp3) is 0.517. The molecule has 0 aliphatic carbocycles. The minimum absolute atomic E-state index is 0.112. The van der Waals surface area contributed by atoms with E-state index in [1.807, 2.05) is 61.0 Å². The van der Waals surface area contributed by atoms with E-state index >= 15 is 0 Å². The molecule has 6 heteroatoms. The fourth-order valence-corrected chi connectivity index (χ4v) is 5.14. The van der Waals surface area contributed by atoms with E-state index in [0.29, 0.717) is 13.2 Å². The Kier molecular flexibility index (Phi) is 8.38. The zero-order valence-corrected chi connectivity index (χ0v) is 23.5. The molecule has 2 aromatic carbocycles. The highest BCUT2D eigenvalue weighted by Crippen LogP contribution is 2.53. The van der Waals surface area contributed by atoms with E-state index in [4.69, 9.17) is 14.6 Å². The third-order valence-corrected chi connectivity index (χ3v) is 11.7. The van der Waals surface area contributed by atoms with Gasteiger partial charge >= 0.3 is 0 Å². The molecule has 0 unspecified atom stereocenters. The van der Waals surface area contributed by atoms with E-state index in [9.17, 15) is 4.79 Å². The molecule has 35 heavy (non-hydrogen) atoms. The average Bonchev–Trinajstić information content (AvgIpc) is 3.14. The lowest BCUT2D eigenvalue weighted by atomic mass is 9.89. The highest BCUT2D eigenvalue weighted by atomic mass is 32.3. The van der Waals surface area contributed by atoms with E-state index in [2.05, 4.69) is 39.3 Å². The summed E-state index contributed by atoms with van der Waals surface area (Å²) in [5.41, 5.74) is 2.41. The van der Waals surface area contributed by atoms with Crippen molar-refractivity contribution in [3.8, 4) is 5.75 Å². The Balaban J connectivity index is 1.82. The molecule has 0 N–H and O–H groups in total. The summed E-state index contributed by atoms with van der Waals surface area (Å²) in [5, 5.41) is 5.94. The number of hydrogen-bond acceptors (Lipinski definition) is 4. The van der Waals surface area contributed by atoms with Gasteiger partial charge < -0.3 is 9.47 Å². The second-order valence-corrected chi connectivity index (χ2v) is 16.1. The Morgan fingerprint density at radius 1 is 1.00 bits per heavy atom. The standard InChI is InChI=1S/C29H42N2O3S/c1-28(2,3)35(7,8)18-17-24-23-15-12-16-25(33-6)27(23)30-31(24)19-26(32)29(4,5)21-34-20-22-13-10-9-11-14-22/h9-16H,17-21H2,1-8H3. The number of hydrogen-bond donors (Lipinski definition) is 0. The van der Waals surface area contributed by atoms with E-state index in [0.717, 1.165) is 40.1 Å². The van der Waals surface area contributed by atoms with Crippen molar-refractivity contribution in [2.45, 2.75) is 58.9 Å². The number of benzene rings is 2. The van der Waals surface area contributed by atoms with Gasteiger partial charge in [-0.05, 0) is 41.1 Å². The van der Waals surface area contributed by atoms with Crippen LogP contribution in [0.15, 0.2) is 48.5 Å². The molecule has 0 saturated carbocycles. The molecule has 0 aliphatic rings. The number of rotatable bonds is 11. The number of carbonyl (C=O) groups excluding carboxylic acids is 1. The molecule has 192 valence electrons. The van der Waals surface area contributed by atoms with Crippen LogP contribution in [0.2, 0.25) is 0 Å². The number of aromatic nitrogens is 2. The lowest BCUT2D eigenvalue weighted by molar-refractivity contribution is -0.131. The maximum absolute atomic E-state index is 13.5. The Morgan fingerprint density at radius 2 is 1.69 bits per heavy atom. The van der Waals surface area contributed by atoms with Crippen molar-refractivity contribution in [1.29, 1.82) is 0 Å². The van der Waals surface area contributed by atoms with Crippen LogP contribution in [-0.2, 0) is 29.1 Å². The van der Waals surface area contributed by atoms with Gasteiger partial charge in [-0.25, -0.2) is 10.0 Å². The predicted octanol–water partition coefficient (Wildman–Crippen LogP) is 6.26. The number of fused-ring (bicyclic) bond motifs is 1. The highest BCUT2D eigenvalue weighted by Gasteiger charge is 2.31. The summed E-state index contributed by atoms with van der Waals surface area (Å²) in [4.78, 5) is 13.5. The van der Waals surface area contributed by atoms with Crippen LogP contribution < -0.4 is 4.74 Å². The summed E-state index contributed by atoms with van der Waals surface area (Å²) in [7, 11) is 0.818. The van der Waals surface area contributed by atoms with Crippen molar-refractivity contribution < 1.29 is 14.3 Å². The maximum Gasteiger partial charge on any atom is 0.162 e. The molecule has 5 nitrogen and oxygen atoms in total. The van der Waals surface area contributed by atoms with Crippen molar-refractivity contribution in [2.75, 3.05) is 32.0 Å². The van der Waals surface area contributed by atoms with Crippen LogP contribution in [0.3, 0.4) is 0 Å². The van der Waals surface area contributed by atoms with Gasteiger partial charge in [0.15, 0.2) is 5.78 Å². The third-order valence-electron chi connectivity index (χ3n) is 7.19. The lowest BCUT2D eigenvalue weighted by Gasteiger charge is -2.44. The molecule has 0 amide bonds. The van der Waals surface area contributed by atoms with Crippen LogP contribution in [-0.4, -0.2) is 52.3 Å². The molecule has 0 fully saturated rings. The van der Waals surface area contributed by atoms with E-state index in [1.165, 1.54) is 0 Å². The summed E-state index contributed by atoms with van der Waals surface area (Å²) >= 11 is 0. The number of aryl methyl sites for hydroxylation is 1. The normalized spacial score (nSPS) is 13.3. The average molecular weight is 499 g/mol. The lowest BCUT2D eigenvalue weighted by Crippen LogP contribution is -2.33. The minimum atomic E-state index is -0.847. The highest BCUT2D eigenvalue weighted by molar-refractivity contribution is 8.33. The second-order valence-electron chi connectivity index (χ2n) is 11.4. The van der Waals surface area contributed by atoms with Gasteiger partial charge in [0.25, 0.3) is 0 Å². The number of carbonyl (C=O) groups is 1. The number of nitrogens with zero attached hydrogens (tertiary/aromatic N) is 2. The second kappa shape index (κ2) is 10.8. The van der Waals surface area contributed by atoms with Crippen LogP contribution >= 0.6 is 10.0 Å². The quantitative estimate of drug-likeness (QED) is 0.313. The van der Waals surface area contributed by atoms with Crippen molar-refractivity contribution >= 4 is 26.7 Å². The van der Waals surface area contributed by atoms with Crippen LogP contribution in [0.5, 0.6) is 5.75 Å². The minimum Gasteiger partial charge on any atom is -0.494 e. The Bertz CT molecular complexity index is 1140. The van der Waals surface area contributed by atoms with Crippen molar-refractivity contribution in [3.63, 3.8) is 0 Å². The van der Waals surface area contributed by atoms with Crippen LogP contribution in [0, 0.1) is 5.41 Å². The largest absolute Gasteiger partial charge is 0.494 e. The SMILES string of the molecule is COc1cccc2c(CCS(C)(C)C(C)(C)C)n(CC(=O)C(C)(C)COCc3ccccc3)nc12. The van der Waals surface area contributed by atoms with Gasteiger partial charge in [-0.15, -0.1) is 0 Å². The van der Waals surface area contributed by atoms with Crippen molar-refractivity contribution in [1.82, 2.24) is 9.78 Å².